The Labute approximate surface area is 192 Å². The van der Waals surface area contributed by atoms with Gasteiger partial charge in [0.1, 0.15) is 11.4 Å². The van der Waals surface area contributed by atoms with E-state index in [0.29, 0.717) is 5.71 Å². The average molecular weight is 432 g/mol. The monoisotopic (exact) mass is 431 g/mol. The van der Waals surface area contributed by atoms with Crippen molar-refractivity contribution in [3.8, 4) is 17.1 Å². The van der Waals surface area contributed by atoms with E-state index in [0.717, 1.165) is 44.5 Å². The van der Waals surface area contributed by atoms with Crippen LogP contribution in [0.2, 0.25) is 0 Å². The van der Waals surface area contributed by atoms with Gasteiger partial charge in [-0.05, 0) is 81.6 Å². The molecule has 0 saturated heterocycles. The lowest BCUT2D eigenvalue weighted by molar-refractivity contribution is 0.653. The van der Waals surface area contributed by atoms with Crippen LogP contribution in [-0.2, 0) is 0 Å². The maximum atomic E-state index is 6.40. The maximum absolute atomic E-state index is 6.40. The molecular weight excluding hydrogens is 406 g/mol. The van der Waals surface area contributed by atoms with Crippen molar-refractivity contribution in [3.63, 3.8) is 0 Å². The summed E-state index contributed by atoms with van der Waals surface area (Å²) >= 11 is 0. The minimum Gasteiger partial charge on any atom is -0.437 e. The normalized spacial score (nSPS) is 11.8. The van der Waals surface area contributed by atoms with Crippen LogP contribution in [-0.4, -0.2) is 14.5 Å². The smallest absolute Gasteiger partial charge is 0.227 e. The van der Waals surface area contributed by atoms with Crippen molar-refractivity contribution in [3.05, 3.63) is 88.6 Å². The SMILES string of the molecule is Cc1cc(C)c(-n2c(-c3ccc(C)c4c3oc3nc(C)ccc34)nc3ccccc32)c(C)c1. The van der Waals surface area contributed by atoms with Gasteiger partial charge in [-0.1, -0.05) is 35.9 Å². The van der Waals surface area contributed by atoms with Crippen molar-refractivity contribution in [2.75, 3.05) is 0 Å². The molecule has 4 heteroatoms. The Kier molecular flexibility index (Phi) is 4.21. The third-order valence-electron chi connectivity index (χ3n) is 6.49. The Balaban J connectivity index is 1.76. The van der Waals surface area contributed by atoms with E-state index in [4.69, 9.17) is 9.40 Å². The zero-order valence-corrected chi connectivity index (χ0v) is 19.5. The highest BCUT2D eigenvalue weighted by Gasteiger charge is 2.22. The first-order valence-corrected chi connectivity index (χ1v) is 11.3. The molecule has 6 rings (SSSR count). The second-order valence-corrected chi connectivity index (χ2v) is 9.05. The predicted molar refractivity (Wildman–Crippen MR) is 135 cm³/mol. The largest absolute Gasteiger partial charge is 0.437 e. The molecule has 0 aliphatic heterocycles. The molecule has 0 aliphatic carbocycles. The van der Waals surface area contributed by atoms with Gasteiger partial charge in [-0.3, -0.25) is 4.57 Å². The lowest BCUT2D eigenvalue weighted by Crippen LogP contribution is -2.03. The van der Waals surface area contributed by atoms with E-state index in [-0.39, 0.29) is 0 Å². The summed E-state index contributed by atoms with van der Waals surface area (Å²) in [7, 11) is 0. The van der Waals surface area contributed by atoms with Crippen LogP contribution in [0, 0.1) is 34.6 Å². The standard InChI is InChI=1S/C29H25N3O/c1-16-14-18(3)26(19(4)15-16)32-24-9-7-6-8-23(24)31-28(32)22-12-10-17(2)25-21-13-11-20(5)30-29(21)33-27(22)25/h6-15H,1-5H3. The Bertz CT molecular complexity index is 1700. The molecule has 0 aliphatic rings. The number of hydrogen-bond acceptors (Lipinski definition) is 3. The lowest BCUT2D eigenvalue weighted by atomic mass is 10.0. The molecule has 3 aromatic heterocycles. The molecule has 3 heterocycles. The molecular formula is C29H25N3O. The molecule has 3 aromatic carbocycles. The number of aromatic nitrogens is 3. The summed E-state index contributed by atoms with van der Waals surface area (Å²) < 4.78 is 8.69. The first-order valence-electron chi connectivity index (χ1n) is 11.3. The first kappa shape index (κ1) is 19.7. The van der Waals surface area contributed by atoms with Gasteiger partial charge in [0.25, 0.3) is 0 Å². The van der Waals surface area contributed by atoms with Gasteiger partial charge in [0.15, 0.2) is 0 Å². The van der Waals surface area contributed by atoms with Crippen molar-refractivity contribution in [2.24, 2.45) is 0 Å². The fourth-order valence-electron chi connectivity index (χ4n) is 5.15. The Hall–Kier alpha value is -3.92. The number of hydrogen-bond donors (Lipinski definition) is 0. The molecule has 0 radical (unpaired) electrons. The third-order valence-corrected chi connectivity index (χ3v) is 6.49. The zero-order valence-electron chi connectivity index (χ0n) is 19.5. The minimum atomic E-state index is 0.672. The minimum absolute atomic E-state index is 0.672. The van der Waals surface area contributed by atoms with Crippen LogP contribution in [0.1, 0.15) is 27.9 Å². The number of nitrogens with zero attached hydrogens (tertiary/aromatic N) is 3. The second-order valence-electron chi connectivity index (χ2n) is 9.05. The lowest BCUT2D eigenvalue weighted by Gasteiger charge is -2.16. The average Bonchev–Trinajstić information content (AvgIpc) is 3.32. The van der Waals surface area contributed by atoms with Gasteiger partial charge < -0.3 is 4.42 Å². The fourth-order valence-corrected chi connectivity index (χ4v) is 5.15. The van der Waals surface area contributed by atoms with E-state index in [1.807, 2.05) is 19.1 Å². The predicted octanol–water partition coefficient (Wildman–Crippen LogP) is 7.53. The van der Waals surface area contributed by atoms with Crippen LogP contribution < -0.4 is 0 Å². The number of imidazole rings is 1. The van der Waals surface area contributed by atoms with Gasteiger partial charge in [-0.15, -0.1) is 0 Å². The quantitative estimate of drug-likeness (QED) is 0.285. The molecule has 0 amide bonds. The van der Waals surface area contributed by atoms with Crippen molar-refractivity contribution >= 4 is 33.1 Å². The number of furan rings is 1. The van der Waals surface area contributed by atoms with E-state index < -0.39 is 0 Å². The van der Waals surface area contributed by atoms with E-state index in [9.17, 15) is 0 Å². The van der Waals surface area contributed by atoms with Gasteiger partial charge in [0.05, 0.1) is 22.3 Å². The molecule has 0 spiro atoms. The molecule has 33 heavy (non-hydrogen) atoms. The van der Waals surface area contributed by atoms with Gasteiger partial charge in [0.2, 0.25) is 5.71 Å². The molecule has 0 N–H and O–H groups in total. The Morgan fingerprint density at radius 3 is 2.30 bits per heavy atom. The summed E-state index contributed by atoms with van der Waals surface area (Å²) in [6, 6.07) is 21.2. The molecule has 0 atom stereocenters. The van der Waals surface area contributed by atoms with Crippen molar-refractivity contribution in [2.45, 2.75) is 34.6 Å². The highest BCUT2D eigenvalue weighted by atomic mass is 16.3. The third kappa shape index (κ3) is 2.91. The summed E-state index contributed by atoms with van der Waals surface area (Å²) in [4.78, 5) is 9.77. The number of para-hydroxylation sites is 2. The molecule has 0 unspecified atom stereocenters. The maximum Gasteiger partial charge on any atom is 0.227 e. The van der Waals surface area contributed by atoms with E-state index in [1.165, 1.54) is 27.9 Å². The van der Waals surface area contributed by atoms with E-state index in [1.54, 1.807) is 0 Å². The summed E-state index contributed by atoms with van der Waals surface area (Å²) in [6.45, 7) is 10.6. The van der Waals surface area contributed by atoms with Crippen molar-refractivity contribution < 1.29 is 4.42 Å². The Morgan fingerprint density at radius 2 is 1.52 bits per heavy atom. The summed E-state index contributed by atoms with van der Waals surface area (Å²) in [5, 5.41) is 2.14. The van der Waals surface area contributed by atoms with Gasteiger partial charge >= 0.3 is 0 Å². The van der Waals surface area contributed by atoms with Gasteiger partial charge in [-0.25, -0.2) is 9.97 Å². The second kappa shape index (κ2) is 7.04. The van der Waals surface area contributed by atoms with E-state index in [2.05, 4.69) is 85.8 Å². The van der Waals surface area contributed by atoms with Crippen LogP contribution in [0.15, 0.2) is 65.1 Å². The van der Waals surface area contributed by atoms with Crippen LogP contribution in [0.3, 0.4) is 0 Å². The number of fused-ring (bicyclic) bond motifs is 4. The highest BCUT2D eigenvalue weighted by Crippen LogP contribution is 2.39. The molecule has 6 aromatic rings. The van der Waals surface area contributed by atoms with Crippen LogP contribution in [0.25, 0.3) is 50.2 Å². The van der Waals surface area contributed by atoms with Gasteiger partial charge in [-0.2, -0.15) is 0 Å². The van der Waals surface area contributed by atoms with Gasteiger partial charge in [0, 0.05) is 16.5 Å². The van der Waals surface area contributed by atoms with E-state index >= 15 is 0 Å². The van der Waals surface area contributed by atoms with Crippen LogP contribution >= 0.6 is 0 Å². The highest BCUT2D eigenvalue weighted by molar-refractivity contribution is 6.10. The number of rotatable bonds is 2. The van der Waals surface area contributed by atoms with Crippen LogP contribution in [0.5, 0.6) is 0 Å². The van der Waals surface area contributed by atoms with Crippen LogP contribution in [0.4, 0.5) is 0 Å². The molecule has 0 bridgehead atoms. The number of pyridine rings is 1. The van der Waals surface area contributed by atoms with Crippen molar-refractivity contribution in [1.82, 2.24) is 14.5 Å². The topological polar surface area (TPSA) is 43.9 Å². The summed E-state index contributed by atoms with van der Waals surface area (Å²) in [5.74, 6) is 0.882. The molecule has 162 valence electrons. The zero-order chi connectivity index (χ0) is 22.9. The van der Waals surface area contributed by atoms with Crippen molar-refractivity contribution in [1.29, 1.82) is 0 Å². The first-order chi connectivity index (χ1) is 15.9. The number of aryl methyl sites for hydroxylation is 5. The summed E-state index contributed by atoms with van der Waals surface area (Å²) in [6.07, 6.45) is 0. The summed E-state index contributed by atoms with van der Waals surface area (Å²) in [5.41, 5.74) is 11.5. The number of benzene rings is 3. The fraction of sp³-hybridized carbons (Fsp3) is 0.172. The molecule has 0 fully saturated rings. The molecule has 4 nitrogen and oxygen atoms in total. The molecule has 0 saturated carbocycles. The Morgan fingerprint density at radius 1 is 0.758 bits per heavy atom.